The van der Waals surface area contributed by atoms with E-state index in [1.165, 1.54) is 18.4 Å². The highest BCUT2D eigenvalue weighted by atomic mass is 16.5. The molecule has 0 N–H and O–H groups in total. The summed E-state index contributed by atoms with van der Waals surface area (Å²) in [6.07, 6.45) is 10.4. The Labute approximate surface area is 118 Å². The Morgan fingerprint density at radius 1 is 1.00 bits per heavy atom. The Hall–Kier alpha value is -1.24. The normalized spacial score (nSPS) is 12.8. The highest BCUT2D eigenvalue weighted by Gasteiger charge is 2.09. The van der Waals surface area contributed by atoms with Crippen molar-refractivity contribution in [2.75, 3.05) is 6.61 Å². The van der Waals surface area contributed by atoms with Crippen LogP contribution in [0.4, 0.5) is 0 Å². The van der Waals surface area contributed by atoms with Crippen LogP contribution in [0.1, 0.15) is 64.4 Å². The monoisotopic (exact) mass is 260 g/mol. The first-order valence-electron chi connectivity index (χ1n) is 7.69. The zero-order chi connectivity index (χ0) is 13.9. The molecule has 0 saturated heterocycles. The molecular formula is C18H28O. The lowest BCUT2D eigenvalue weighted by Gasteiger charge is -2.15. The molecule has 1 aromatic rings. The fraction of sp³-hybridized carbons (Fsp3) is 0.556. The van der Waals surface area contributed by atoms with Crippen molar-refractivity contribution >= 4 is 0 Å². The van der Waals surface area contributed by atoms with Gasteiger partial charge < -0.3 is 4.74 Å². The van der Waals surface area contributed by atoms with E-state index in [9.17, 15) is 0 Å². The largest absolute Gasteiger partial charge is 0.494 e. The minimum atomic E-state index is 0.646. The molecule has 1 heteroatoms. The maximum absolute atomic E-state index is 5.63. The standard InChI is InChI=1S/C18H28O/c1-4-7-8-10-16(9-5-2)17-11-13-18(14-12-17)19-15-6-3/h7-8,11-14,16H,4-6,9-10,15H2,1-3H3/b8-7-. The Kier molecular flexibility index (Phi) is 8.04. The van der Waals surface area contributed by atoms with Gasteiger partial charge in [0.15, 0.2) is 0 Å². The molecule has 0 aliphatic heterocycles. The predicted octanol–water partition coefficient (Wildman–Crippen LogP) is 5.72. The molecule has 1 nitrogen and oxygen atoms in total. The first-order valence-corrected chi connectivity index (χ1v) is 7.69. The van der Waals surface area contributed by atoms with Gasteiger partial charge >= 0.3 is 0 Å². The van der Waals surface area contributed by atoms with Gasteiger partial charge in [0.2, 0.25) is 0 Å². The van der Waals surface area contributed by atoms with Gasteiger partial charge in [-0.05, 0) is 49.3 Å². The van der Waals surface area contributed by atoms with Crippen molar-refractivity contribution < 1.29 is 4.74 Å². The van der Waals surface area contributed by atoms with Gasteiger partial charge in [-0.3, -0.25) is 0 Å². The van der Waals surface area contributed by atoms with Gasteiger partial charge in [0, 0.05) is 0 Å². The van der Waals surface area contributed by atoms with Crippen LogP contribution < -0.4 is 4.74 Å². The van der Waals surface area contributed by atoms with E-state index in [1.807, 2.05) is 0 Å². The summed E-state index contributed by atoms with van der Waals surface area (Å²) in [5.74, 6) is 1.64. The second kappa shape index (κ2) is 9.66. The molecule has 0 heterocycles. The summed E-state index contributed by atoms with van der Waals surface area (Å²) in [6, 6.07) is 8.67. The van der Waals surface area contributed by atoms with Crippen LogP contribution >= 0.6 is 0 Å². The lowest BCUT2D eigenvalue weighted by Crippen LogP contribution is -1.99. The van der Waals surface area contributed by atoms with E-state index in [4.69, 9.17) is 4.74 Å². The van der Waals surface area contributed by atoms with E-state index >= 15 is 0 Å². The van der Waals surface area contributed by atoms with Gasteiger partial charge in [-0.25, -0.2) is 0 Å². The number of benzene rings is 1. The number of allylic oxidation sites excluding steroid dienone is 2. The summed E-state index contributed by atoms with van der Waals surface area (Å²) in [6.45, 7) is 7.38. The quantitative estimate of drug-likeness (QED) is 0.516. The summed E-state index contributed by atoms with van der Waals surface area (Å²) < 4.78 is 5.63. The van der Waals surface area contributed by atoms with Crippen LogP contribution in [0.15, 0.2) is 36.4 Å². The highest BCUT2D eigenvalue weighted by Crippen LogP contribution is 2.27. The van der Waals surface area contributed by atoms with E-state index in [0.29, 0.717) is 5.92 Å². The summed E-state index contributed by atoms with van der Waals surface area (Å²) in [7, 11) is 0. The maximum atomic E-state index is 5.63. The van der Waals surface area contributed by atoms with Gasteiger partial charge in [-0.2, -0.15) is 0 Å². The van der Waals surface area contributed by atoms with Gasteiger partial charge in [-0.1, -0.05) is 51.5 Å². The van der Waals surface area contributed by atoms with Crippen LogP contribution in [0.2, 0.25) is 0 Å². The van der Waals surface area contributed by atoms with Crippen LogP contribution in [0.25, 0.3) is 0 Å². The highest BCUT2D eigenvalue weighted by molar-refractivity contribution is 5.29. The third-order valence-corrected chi connectivity index (χ3v) is 3.28. The van der Waals surface area contributed by atoms with Crippen molar-refractivity contribution in [1.29, 1.82) is 0 Å². The molecular weight excluding hydrogens is 232 g/mol. The molecule has 0 aromatic heterocycles. The van der Waals surface area contributed by atoms with Gasteiger partial charge in [-0.15, -0.1) is 0 Å². The second-order valence-corrected chi connectivity index (χ2v) is 5.02. The molecule has 1 aromatic carbocycles. The molecule has 106 valence electrons. The van der Waals surface area contributed by atoms with Gasteiger partial charge in [0.1, 0.15) is 5.75 Å². The second-order valence-electron chi connectivity index (χ2n) is 5.02. The van der Waals surface area contributed by atoms with Crippen molar-refractivity contribution in [1.82, 2.24) is 0 Å². The predicted molar refractivity (Wildman–Crippen MR) is 83.9 cm³/mol. The number of hydrogen-bond acceptors (Lipinski definition) is 1. The Morgan fingerprint density at radius 2 is 1.74 bits per heavy atom. The zero-order valence-corrected chi connectivity index (χ0v) is 12.7. The number of ether oxygens (including phenoxy) is 1. The van der Waals surface area contributed by atoms with E-state index in [2.05, 4.69) is 57.2 Å². The number of rotatable bonds is 9. The van der Waals surface area contributed by atoms with Crippen molar-refractivity contribution in [3.8, 4) is 5.75 Å². The van der Waals surface area contributed by atoms with Crippen molar-refractivity contribution in [2.45, 2.75) is 58.8 Å². The maximum Gasteiger partial charge on any atom is 0.119 e. The summed E-state index contributed by atoms with van der Waals surface area (Å²) >= 11 is 0. The van der Waals surface area contributed by atoms with E-state index in [-0.39, 0.29) is 0 Å². The average molecular weight is 260 g/mol. The molecule has 0 aliphatic carbocycles. The van der Waals surface area contributed by atoms with E-state index in [1.54, 1.807) is 0 Å². The average Bonchev–Trinajstić information content (AvgIpc) is 2.45. The van der Waals surface area contributed by atoms with Gasteiger partial charge in [0.25, 0.3) is 0 Å². The lowest BCUT2D eigenvalue weighted by atomic mass is 9.91. The topological polar surface area (TPSA) is 9.23 Å². The van der Waals surface area contributed by atoms with E-state index < -0.39 is 0 Å². The molecule has 1 atom stereocenters. The molecule has 1 rings (SSSR count). The Morgan fingerprint density at radius 3 is 2.32 bits per heavy atom. The minimum Gasteiger partial charge on any atom is -0.494 e. The van der Waals surface area contributed by atoms with Crippen LogP contribution in [-0.2, 0) is 0 Å². The van der Waals surface area contributed by atoms with Crippen LogP contribution in [0.3, 0.4) is 0 Å². The molecule has 0 bridgehead atoms. The van der Waals surface area contributed by atoms with Crippen LogP contribution in [-0.4, -0.2) is 6.61 Å². The Bertz CT molecular complexity index is 350. The SMILES string of the molecule is CC/C=C\CC(CCC)c1ccc(OCCC)cc1. The molecule has 0 saturated carbocycles. The summed E-state index contributed by atoms with van der Waals surface area (Å²) in [5.41, 5.74) is 1.44. The first-order chi connectivity index (χ1) is 9.31. The molecule has 1 unspecified atom stereocenters. The minimum absolute atomic E-state index is 0.646. The lowest BCUT2D eigenvalue weighted by molar-refractivity contribution is 0.317. The van der Waals surface area contributed by atoms with Crippen LogP contribution in [0.5, 0.6) is 5.75 Å². The molecule has 0 aliphatic rings. The third-order valence-electron chi connectivity index (χ3n) is 3.28. The van der Waals surface area contributed by atoms with Crippen molar-refractivity contribution in [3.05, 3.63) is 42.0 Å². The summed E-state index contributed by atoms with van der Waals surface area (Å²) in [4.78, 5) is 0. The molecule has 19 heavy (non-hydrogen) atoms. The van der Waals surface area contributed by atoms with Crippen LogP contribution in [0, 0.1) is 0 Å². The smallest absolute Gasteiger partial charge is 0.119 e. The van der Waals surface area contributed by atoms with Crippen molar-refractivity contribution in [3.63, 3.8) is 0 Å². The first kappa shape index (κ1) is 15.8. The fourth-order valence-corrected chi connectivity index (χ4v) is 2.25. The molecule has 0 fully saturated rings. The molecule has 0 amide bonds. The third kappa shape index (κ3) is 5.96. The fourth-order valence-electron chi connectivity index (χ4n) is 2.25. The number of hydrogen-bond donors (Lipinski definition) is 0. The van der Waals surface area contributed by atoms with Crippen molar-refractivity contribution in [2.24, 2.45) is 0 Å². The Balaban J connectivity index is 2.64. The zero-order valence-electron chi connectivity index (χ0n) is 12.7. The summed E-state index contributed by atoms with van der Waals surface area (Å²) in [5, 5.41) is 0. The molecule has 0 radical (unpaired) electrons. The molecule has 0 spiro atoms. The van der Waals surface area contributed by atoms with Gasteiger partial charge in [0.05, 0.1) is 6.61 Å². The van der Waals surface area contributed by atoms with E-state index in [0.717, 1.165) is 31.6 Å².